The Hall–Kier alpha value is -2.70. The van der Waals surface area contributed by atoms with Crippen molar-refractivity contribution in [2.24, 2.45) is 4.99 Å². The van der Waals surface area contributed by atoms with Crippen molar-refractivity contribution in [3.63, 3.8) is 0 Å². The summed E-state index contributed by atoms with van der Waals surface area (Å²) in [5.41, 5.74) is 0.186. The van der Waals surface area contributed by atoms with Gasteiger partial charge in [-0.15, -0.1) is 0 Å². The molecule has 5 nitrogen and oxygen atoms in total. The minimum atomic E-state index is -0.469. The summed E-state index contributed by atoms with van der Waals surface area (Å²) in [6, 6.07) is 9.97. The molecule has 0 amide bonds. The molecule has 0 radical (unpaired) electrons. The number of piperazine rings is 1. The summed E-state index contributed by atoms with van der Waals surface area (Å²) in [6.07, 6.45) is 2.52. The van der Waals surface area contributed by atoms with Crippen LogP contribution < -0.4 is 10.2 Å². The Morgan fingerprint density at radius 2 is 1.81 bits per heavy atom. The Morgan fingerprint density at radius 3 is 2.44 bits per heavy atom. The van der Waals surface area contributed by atoms with Gasteiger partial charge in [0.1, 0.15) is 17.5 Å². The molecule has 27 heavy (non-hydrogen) atoms. The van der Waals surface area contributed by atoms with Crippen LogP contribution in [0.4, 0.5) is 14.6 Å². The fourth-order valence-corrected chi connectivity index (χ4v) is 3.69. The Balaban J connectivity index is 1.35. The van der Waals surface area contributed by atoms with Crippen LogP contribution in [0.15, 0.2) is 47.6 Å². The topological polar surface area (TPSA) is 43.8 Å². The number of aliphatic imine (C=N–C) groups is 1. The fraction of sp³-hybridized carbons (Fsp3) is 0.400. The average Bonchev–Trinajstić information content (AvgIpc) is 3.45. The zero-order chi connectivity index (χ0) is 18.8. The van der Waals surface area contributed by atoms with E-state index in [-0.39, 0.29) is 17.5 Å². The molecule has 2 unspecified atom stereocenters. The molecular formula is C20H23F2N5. The molecule has 1 N–H and O–H groups in total. The molecule has 4 rings (SSSR count). The zero-order valence-corrected chi connectivity index (χ0v) is 15.3. The number of nitrogens with one attached hydrogen (secondary N) is 1. The van der Waals surface area contributed by atoms with Crippen molar-refractivity contribution in [1.82, 2.24) is 15.2 Å². The summed E-state index contributed by atoms with van der Waals surface area (Å²) in [4.78, 5) is 13.2. The van der Waals surface area contributed by atoms with Crippen molar-refractivity contribution in [3.8, 4) is 0 Å². The van der Waals surface area contributed by atoms with Gasteiger partial charge in [0.2, 0.25) is 0 Å². The molecule has 1 saturated carbocycles. The fourth-order valence-electron chi connectivity index (χ4n) is 3.69. The molecule has 2 atom stereocenters. The standard InChI is InChI=1S/C20H23F2N5/c1-23-20(25-17-13-14(17)19-15(21)5-4-6-16(19)22)27-11-9-26(10-12-27)18-7-2-3-8-24-18/h2-8,14,17H,9-13H2,1H3,(H,23,25). The average molecular weight is 371 g/mol. The molecule has 142 valence electrons. The second-order valence-corrected chi connectivity index (χ2v) is 6.94. The van der Waals surface area contributed by atoms with E-state index >= 15 is 0 Å². The second-order valence-electron chi connectivity index (χ2n) is 6.94. The van der Waals surface area contributed by atoms with Gasteiger partial charge >= 0.3 is 0 Å². The molecule has 2 fully saturated rings. The first kappa shape index (κ1) is 17.7. The molecule has 1 aromatic heterocycles. The van der Waals surface area contributed by atoms with Gasteiger partial charge in [-0.3, -0.25) is 4.99 Å². The number of anilines is 1. The molecule has 0 bridgehead atoms. The molecule has 7 heteroatoms. The van der Waals surface area contributed by atoms with Crippen LogP contribution in [0, 0.1) is 11.6 Å². The van der Waals surface area contributed by atoms with E-state index in [9.17, 15) is 8.78 Å². The molecule has 2 aromatic rings. The Labute approximate surface area is 157 Å². The van der Waals surface area contributed by atoms with Crippen molar-refractivity contribution in [2.75, 3.05) is 38.1 Å². The number of nitrogens with zero attached hydrogens (tertiary/aromatic N) is 4. The van der Waals surface area contributed by atoms with E-state index in [0.717, 1.165) is 38.0 Å². The highest BCUT2D eigenvalue weighted by molar-refractivity contribution is 5.81. The minimum Gasteiger partial charge on any atom is -0.353 e. The quantitative estimate of drug-likeness (QED) is 0.665. The van der Waals surface area contributed by atoms with Gasteiger partial charge in [-0.2, -0.15) is 0 Å². The van der Waals surface area contributed by atoms with E-state index < -0.39 is 11.6 Å². The van der Waals surface area contributed by atoms with Crippen LogP contribution in [0.2, 0.25) is 0 Å². The van der Waals surface area contributed by atoms with Crippen molar-refractivity contribution in [1.29, 1.82) is 0 Å². The third kappa shape index (κ3) is 3.72. The number of benzene rings is 1. The van der Waals surface area contributed by atoms with E-state index in [4.69, 9.17) is 0 Å². The van der Waals surface area contributed by atoms with Crippen LogP contribution in [0.1, 0.15) is 17.9 Å². The van der Waals surface area contributed by atoms with Crippen LogP contribution in [0.25, 0.3) is 0 Å². The van der Waals surface area contributed by atoms with Gasteiger partial charge in [-0.25, -0.2) is 13.8 Å². The normalized spacial score (nSPS) is 22.7. The van der Waals surface area contributed by atoms with Crippen molar-refractivity contribution in [3.05, 3.63) is 59.8 Å². The lowest BCUT2D eigenvalue weighted by atomic mass is 10.1. The van der Waals surface area contributed by atoms with Crippen LogP contribution >= 0.6 is 0 Å². The van der Waals surface area contributed by atoms with E-state index in [0.29, 0.717) is 6.42 Å². The van der Waals surface area contributed by atoms with Gasteiger partial charge in [-0.05, 0) is 30.7 Å². The highest BCUT2D eigenvalue weighted by atomic mass is 19.1. The second kappa shape index (κ2) is 7.50. The largest absolute Gasteiger partial charge is 0.353 e. The monoisotopic (exact) mass is 371 g/mol. The minimum absolute atomic E-state index is 0.0175. The number of guanidine groups is 1. The van der Waals surface area contributed by atoms with Crippen LogP contribution in [-0.2, 0) is 0 Å². The molecule has 1 saturated heterocycles. The third-order valence-corrected chi connectivity index (χ3v) is 5.24. The highest BCUT2D eigenvalue weighted by Gasteiger charge is 2.43. The van der Waals surface area contributed by atoms with Crippen molar-refractivity contribution in [2.45, 2.75) is 18.4 Å². The van der Waals surface area contributed by atoms with Gasteiger partial charge in [0.15, 0.2) is 5.96 Å². The van der Waals surface area contributed by atoms with E-state index in [1.54, 1.807) is 13.2 Å². The number of hydrogen-bond donors (Lipinski definition) is 1. The first-order valence-corrected chi connectivity index (χ1v) is 9.25. The van der Waals surface area contributed by atoms with E-state index in [1.165, 1.54) is 18.2 Å². The molecule has 1 aliphatic heterocycles. The smallest absolute Gasteiger partial charge is 0.194 e. The maximum absolute atomic E-state index is 14.0. The lowest BCUT2D eigenvalue weighted by Gasteiger charge is -2.37. The van der Waals surface area contributed by atoms with E-state index in [2.05, 4.69) is 25.1 Å². The third-order valence-electron chi connectivity index (χ3n) is 5.24. The van der Waals surface area contributed by atoms with Crippen LogP contribution in [-0.4, -0.2) is 55.1 Å². The highest BCUT2D eigenvalue weighted by Crippen LogP contribution is 2.43. The van der Waals surface area contributed by atoms with Gasteiger partial charge < -0.3 is 15.1 Å². The summed E-state index contributed by atoms with van der Waals surface area (Å²) in [5, 5.41) is 3.38. The Bertz CT molecular complexity index is 798. The summed E-state index contributed by atoms with van der Waals surface area (Å²) in [7, 11) is 1.74. The lowest BCUT2D eigenvalue weighted by Crippen LogP contribution is -2.53. The first-order chi connectivity index (χ1) is 13.2. The molecule has 0 spiro atoms. The molecule has 2 heterocycles. The molecule has 1 aromatic carbocycles. The van der Waals surface area contributed by atoms with Crippen molar-refractivity contribution < 1.29 is 8.78 Å². The van der Waals surface area contributed by atoms with Crippen LogP contribution in [0.3, 0.4) is 0 Å². The SMILES string of the molecule is CN=C(NC1CC1c1c(F)cccc1F)N1CCN(c2ccccn2)CC1. The zero-order valence-electron chi connectivity index (χ0n) is 15.3. The summed E-state index contributed by atoms with van der Waals surface area (Å²) < 4.78 is 27.9. The summed E-state index contributed by atoms with van der Waals surface area (Å²) in [5.74, 6) is 0.696. The van der Waals surface area contributed by atoms with Crippen LogP contribution in [0.5, 0.6) is 0 Å². The Morgan fingerprint density at radius 1 is 1.07 bits per heavy atom. The first-order valence-electron chi connectivity index (χ1n) is 9.25. The lowest BCUT2D eigenvalue weighted by molar-refractivity contribution is 0.371. The predicted molar refractivity (Wildman–Crippen MR) is 102 cm³/mol. The predicted octanol–water partition coefficient (Wildman–Crippen LogP) is 2.61. The number of pyridine rings is 1. The van der Waals surface area contributed by atoms with Gasteiger partial charge in [0.25, 0.3) is 0 Å². The molecule has 2 aliphatic rings. The van der Waals surface area contributed by atoms with Gasteiger partial charge in [0, 0.05) is 56.9 Å². The molecule has 1 aliphatic carbocycles. The van der Waals surface area contributed by atoms with Gasteiger partial charge in [0.05, 0.1) is 0 Å². The van der Waals surface area contributed by atoms with E-state index in [1.807, 2.05) is 18.2 Å². The Kier molecular flexibility index (Phi) is 4.92. The van der Waals surface area contributed by atoms with Crippen molar-refractivity contribution >= 4 is 11.8 Å². The summed E-state index contributed by atoms with van der Waals surface area (Å²) >= 11 is 0. The maximum atomic E-state index is 14.0. The number of halogens is 2. The number of hydrogen-bond acceptors (Lipinski definition) is 3. The number of rotatable bonds is 3. The molecular weight excluding hydrogens is 348 g/mol. The number of aromatic nitrogens is 1. The van der Waals surface area contributed by atoms with Gasteiger partial charge in [-0.1, -0.05) is 12.1 Å². The summed E-state index contributed by atoms with van der Waals surface area (Å²) in [6.45, 7) is 3.35. The maximum Gasteiger partial charge on any atom is 0.194 e.